The molecule has 4 rings (SSSR count). The minimum atomic E-state index is -0.115. The van der Waals surface area contributed by atoms with Crippen LogP contribution in [0, 0.1) is 13.8 Å². The number of thioether (sulfide) groups is 1. The van der Waals surface area contributed by atoms with Crippen LogP contribution in [0.25, 0.3) is 20.7 Å². The third-order valence-electron chi connectivity index (χ3n) is 4.76. The second-order valence-electron chi connectivity index (χ2n) is 6.91. The summed E-state index contributed by atoms with van der Waals surface area (Å²) in [6, 6.07) is 9.97. The lowest BCUT2D eigenvalue weighted by Gasteiger charge is -2.11. The van der Waals surface area contributed by atoms with Gasteiger partial charge in [0.1, 0.15) is 4.83 Å². The number of nitrogens with zero attached hydrogens (tertiary/aromatic N) is 2. The molecule has 0 aliphatic carbocycles. The molecule has 0 unspecified atom stereocenters. The molecule has 0 saturated heterocycles. The lowest BCUT2D eigenvalue weighted by atomic mass is 10.1. The molecule has 0 atom stereocenters. The molecule has 30 heavy (non-hydrogen) atoms. The first kappa shape index (κ1) is 20.8. The summed E-state index contributed by atoms with van der Waals surface area (Å²) in [7, 11) is 0. The number of carbonyl (C=O) groups is 1. The molecule has 5 nitrogen and oxygen atoms in total. The van der Waals surface area contributed by atoms with E-state index in [-0.39, 0.29) is 17.2 Å². The first-order valence-electron chi connectivity index (χ1n) is 9.53. The van der Waals surface area contributed by atoms with E-state index >= 15 is 0 Å². The fourth-order valence-electron chi connectivity index (χ4n) is 3.19. The fraction of sp³-hybridized carbons (Fsp3) is 0.227. The summed E-state index contributed by atoms with van der Waals surface area (Å²) in [5.41, 5.74) is 3.81. The average Bonchev–Trinajstić information content (AvgIpc) is 3.39. The highest BCUT2D eigenvalue weighted by molar-refractivity contribution is 7.99. The highest BCUT2D eigenvalue weighted by Crippen LogP contribution is 2.34. The number of anilines is 1. The molecule has 0 spiro atoms. The molecule has 0 aliphatic heterocycles. The van der Waals surface area contributed by atoms with E-state index in [4.69, 9.17) is 4.98 Å². The fourth-order valence-corrected chi connectivity index (χ4v) is 5.86. The Balaban J connectivity index is 1.59. The summed E-state index contributed by atoms with van der Waals surface area (Å²) in [5.74, 6) is 0.0743. The number of aryl methyl sites for hydroxylation is 2. The van der Waals surface area contributed by atoms with Crippen LogP contribution in [0.15, 0.2) is 51.0 Å². The van der Waals surface area contributed by atoms with Crippen LogP contribution in [-0.4, -0.2) is 21.2 Å². The highest BCUT2D eigenvalue weighted by Gasteiger charge is 2.18. The number of benzene rings is 1. The number of hydrogen-bond donors (Lipinski definition) is 1. The van der Waals surface area contributed by atoms with Gasteiger partial charge in [-0.05, 0) is 49.4 Å². The van der Waals surface area contributed by atoms with Crippen LogP contribution < -0.4 is 10.9 Å². The molecule has 0 aliphatic rings. The molecule has 1 N–H and O–H groups in total. The van der Waals surface area contributed by atoms with E-state index < -0.39 is 0 Å². The zero-order valence-corrected chi connectivity index (χ0v) is 19.3. The van der Waals surface area contributed by atoms with Crippen LogP contribution in [-0.2, 0) is 11.3 Å². The van der Waals surface area contributed by atoms with Gasteiger partial charge in [0.15, 0.2) is 5.16 Å². The number of carbonyl (C=O) groups excluding carboxylic acids is 1. The molecule has 3 heterocycles. The normalized spacial score (nSPS) is 11.2. The maximum atomic E-state index is 13.2. The summed E-state index contributed by atoms with van der Waals surface area (Å²) in [6.45, 7) is 6.39. The van der Waals surface area contributed by atoms with Crippen molar-refractivity contribution in [1.29, 1.82) is 0 Å². The topological polar surface area (TPSA) is 64.0 Å². The van der Waals surface area contributed by atoms with Gasteiger partial charge in [-0.3, -0.25) is 14.2 Å². The molecule has 0 bridgehead atoms. The van der Waals surface area contributed by atoms with Crippen molar-refractivity contribution in [3.63, 3.8) is 0 Å². The van der Waals surface area contributed by atoms with Crippen molar-refractivity contribution in [3.8, 4) is 10.4 Å². The number of rotatable bonds is 6. The molecular formula is C22H21N3O2S3. The minimum absolute atomic E-state index is 0.0513. The van der Waals surface area contributed by atoms with Crippen molar-refractivity contribution < 1.29 is 4.79 Å². The minimum Gasteiger partial charge on any atom is -0.325 e. The molecule has 1 aromatic carbocycles. The average molecular weight is 456 g/mol. The molecule has 154 valence electrons. The first-order valence-corrected chi connectivity index (χ1v) is 12.3. The zero-order chi connectivity index (χ0) is 21.3. The van der Waals surface area contributed by atoms with Crippen LogP contribution in [0.1, 0.15) is 18.1 Å². The van der Waals surface area contributed by atoms with Gasteiger partial charge in [0.05, 0.1) is 11.1 Å². The van der Waals surface area contributed by atoms with Crippen molar-refractivity contribution in [2.45, 2.75) is 32.5 Å². The van der Waals surface area contributed by atoms with Crippen LogP contribution in [0.2, 0.25) is 0 Å². The molecular weight excluding hydrogens is 434 g/mol. The summed E-state index contributed by atoms with van der Waals surface area (Å²) in [5, 5.41) is 8.19. The summed E-state index contributed by atoms with van der Waals surface area (Å²) < 4.78 is 1.65. The van der Waals surface area contributed by atoms with Crippen molar-refractivity contribution in [2.75, 3.05) is 11.1 Å². The molecule has 4 aromatic rings. The quantitative estimate of drug-likeness (QED) is 0.306. The molecule has 0 radical (unpaired) electrons. The van der Waals surface area contributed by atoms with E-state index in [2.05, 4.69) is 5.32 Å². The van der Waals surface area contributed by atoms with E-state index in [0.29, 0.717) is 21.9 Å². The third kappa shape index (κ3) is 4.08. The summed E-state index contributed by atoms with van der Waals surface area (Å²) >= 11 is 4.37. The van der Waals surface area contributed by atoms with Gasteiger partial charge >= 0.3 is 0 Å². The monoisotopic (exact) mass is 455 g/mol. The largest absolute Gasteiger partial charge is 0.325 e. The number of nitrogens with one attached hydrogen (secondary N) is 1. The lowest BCUT2D eigenvalue weighted by molar-refractivity contribution is -0.113. The predicted octanol–water partition coefficient (Wildman–Crippen LogP) is 5.55. The van der Waals surface area contributed by atoms with Crippen molar-refractivity contribution in [1.82, 2.24) is 9.55 Å². The lowest BCUT2D eigenvalue weighted by Crippen LogP contribution is -2.23. The molecule has 1 amide bonds. The predicted molar refractivity (Wildman–Crippen MR) is 128 cm³/mol. The number of thiophene rings is 2. The smallest absolute Gasteiger partial charge is 0.263 e. The molecule has 0 fully saturated rings. The Bertz CT molecular complexity index is 1270. The first-order chi connectivity index (χ1) is 14.5. The number of fused-ring (bicyclic) bond motifs is 1. The maximum Gasteiger partial charge on any atom is 0.263 e. The Morgan fingerprint density at radius 3 is 2.80 bits per heavy atom. The standard InChI is InChI=1S/C22H21N3O2S3/c1-4-25-21(27)19-15(17-6-5-9-28-17)11-29-20(19)24-22(25)30-12-18(26)23-16-10-13(2)7-8-14(16)3/h5-11H,4,12H2,1-3H3,(H,23,26). The van der Waals surface area contributed by atoms with Gasteiger partial charge < -0.3 is 5.32 Å². The van der Waals surface area contributed by atoms with Crippen LogP contribution in [0.4, 0.5) is 5.69 Å². The SMILES string of the molecule is CCn1c(SCC(=O)Nc2cc(C)ccc2C)nc2scc(-c3cccs3)c2c1=O. The van der Waals surface area contributed by atoms with Crippen molar-refractivity contribution in [2.24, 2.45) is 0 Å². The van der Waals surface area contributed by atoms with Crippen LogP contribution >= 0.6 is 34.4 Å². The van der Waals surface area contributed by atoms with Gasteiger partial charge in [0.25, 0.3) is 5.56 Å². The third-order valence-corrected chi connectivity index (χ3v) is 7.51. The summed E-state index contributed by atoms with van der Waals surface area (Å²) in [6.07, 6.45) is 0. The Hall–Kier alpha value is -2.42. The molecule has 0 saturated carbocycles. The number of aromatic nitrogens is 2. The number of hydrogen-bond acceptors (Lipinski definition) is 6. The Morgan fingerprint density at radius 1 is 1.23 bits per heavy atom. The van der Waals surface area contributed by atoms with E-state index in [9.17, 15) is 9.59 Å². The van der Waals surface area contributed by atoms with Crippen molar-refractivity contribution in [3.05, 3.63) is 62.6 Å². The van der Waals surface area contributed by atoms with Gasteiger partial charge in [-0.25, -0.2) is 4.98 Å². The Morgan fingerprint density at radius 2 is 2.07 bits per heavy atom. The van der Waals surface area contributed by atoms with E-state index in [1.807, 2.05) is 61.9 Å². The number of amides is 1. The molecule has 8 heteroatoms. The molecule has 3 aromatic heterocycles. The van der Waals surface area contributed by atoms with E-state index in [1.165, 1.54) is 23.1 Å². The van der Waals surface area contributed by atoms with Gasteiger partial charge in [-0.1, -0.05) is 30.0 Å². The van der Waals surface area contributed by atoms with Crippen molar-refractivity contribution >= 4 is 56.2 Å². The van der Waals surface area contributed by atoms with Gasteiger partial charge in [-0.15, -0.1) is 22.7 Å². The van der Waals surface area contributed by atoms with E-state index in [0.717, 1.165) is 27.3 Å². The second kappa shape index (κ2) is 8.75. The second-order valence-corrected chi connectivity index (χ2v) is 9.65. The van der Waals surface area contributed by atoms with Crippen LogP contribution in [0.5, 0.6) is 0 Å². The summed E-state index contributed by atoms with van der Waals surface area (Å²) in [4.78, 5) is 32.2. The Labute approximate surface area is 186 Å². The Kier molecular flexibility index (Phi) is 6.08. The van der Waals surface area contributed by atoms with Gasteiger partial charge in [-0.2, -0.15) is 0 Å². The van der Waals surface area contributed by atoms with Gasteiger partial charge in [0, 0.05) is 28.1 Å². The zero-order valence-electron chi connectivity index (χ0n) is 16.9. The van der Waals surface area contributed by atoms with E-state index in [1.54, 1.807) is 15.9 Å². The highest BCUT2D eigenvalue weighted by atomic mass is 32.2. The maximum absolute atomic E-state index is 13.2. The van der Waals surface area contributed by atoms with Crippen LogP contribution in [0.3, 0.4) is 0 Å². The van der Waals surface area contributed by atoms with Gasteiger partial charge in [0.2, 0.25) is 5.91 Å².